The average molecular weight is 283 g/mol. The summed E-state index contributed by atoms with van der Waals surface area (Å²) in [5.41, 5.74) is 1.24. The van der Waals surface area contributed by atoms with Crippen molar-refractivity contribution >= 4 is 5.91 Å². The molecule has 0 radical (unpaired) electrons. The Morgan fingerprint density at radius 2 is 2.10 bits per heavy atom. The van der Waals surface area contributed by atoms with Gasteiger partial charge in [-0.3, -0.25) is 4.79 Å². The molecule has 2 aromatic rings. The lowest BCUT2D eigenvalue weighted by Gasteiger charge is -2.02. The molecule has 5 nitrogen and oxygen atoms in total. The zero-order valence-electron chi connectivity index (χ0n) is 11.7. The monoisotopic (exact) mass is 283 g/mol. The van der Waals surface area contributed by atoms with Gasteiger partial charge in [-0.2, -0.15) is 4.98 Å². The van der Waals surface area contributed by atoms with Crippen molar-refractivity contribution in [1.82, 2.24) is 15.5 Å². The summed E-state index contributed by atoms with van der Waals surface area (Å²) in [5.74, 6) is 2.28. The molecule has 0 bridgehead atoms. The number of carbonyl (C=O) groups excluding carboxylic acids is 1. The van der Waals surface area contributed by atoms with Crippen molar-refractivity contribution in [2.75, 3.05) is 0 Å². The van der Waals surface area contributed by atoms with Crippen LogP contribution in [0.3, 0.4) is 0 Å². The van der Waals surface area contributed by atoms with Crippen LogP contribution in [0.1, 0.15) is 48.4 Å². The number of carbonyl (C=O) groups is 1. The Balaban J connectivity index is 1.30. The quantitative estimate of drug-likeness (QED) is 0.914. The number of aromatic nitrogens is 2. The van der Waals surface area contributed by atoms with E-state index in [9.17, 15) is 4.79 Å². The molecule has 1 N–H and O–H groups in total. The number of hydrogen-bond donors (Lipinski definition) is 1. The van der Waals surface area contributed by atoms with Gasteiger partial charge in [0, 0.05) is 11.8 Å². The molecule has 2 aliphatic rings. The first-order chi connectivity index (χ1) is 10.3. The minimum absolute atomic E-state index is 0.0787. The summed E-state index contributed by atoms with van der Waals surface area (Å²) in [6.45, 7) is 0.330. The van der Waals surface area contributed by atoms with E-state index < -0.39 is 0 Å². The molecule has 2 aliphatic carbocycles. The van der Waals surface area contributed by atoms with Crippen LogP contribution in [-0.2, 0) is 11.3 Å². The molecular weight excluding hydrogens is 266 g/mol. The van der Waals surface area contributed by atoms with Crippen LogP contribution in [-0.4, -0.2) is 16.0 Å². The molecule has 2 fully saturated rings. The SMILES string of the molecule is O=C(NCc1nc(C2CC2)no1)[C@@H]1C[C@@H]1c1ccccc1. The number of hydrogen-bond acceptors (Lipinski definition) is 4. The Bertz CT molecular complexity index is 649. The van der Waals surface area contributed by atoms with Gasteiger partial charge in [-0.25, -0.2) is 0 Å². The van der Waals surface area contributed by atoms with Crippen molar-refractivity contribution in [3.05, 3.63) is 47.6 Å². The number of rotatable bonds is 5. The lowest BCUT2D eigenvalue weighted by atomic mass is 10.1. The minimum atomic E-state index is 0.0787. The lowest BCUT2D eigenvalue weighted by molar-refractivity contribution is -0.122. The van der Waals surface area contributed by atoms with Gasteiger partial charge in [-0.05, 0) is 30.7 Å². The second-order valence-corrected chi connectivity index (χ2v) is 5.90. The molecule has 0 spiro atoms. The zero-order chi connectivity index (χ0) is 14.2. The molecule has 1 aromatic heterocycles. The van der Waals surface area contributed by atoms with E-state index in [0.717, 1.165) is 25.1 Å². The third-order valence-corrected chi connectivity index (χ3v) is 4.20. The summed E-state index contributed by atoms with van der Waals surface area (Å²) in [7, 11) is 0. The topological polar surface area (TPSA) is 68.0 Å². The number of nitrogens with zero attached hydrogens (tertiary/aromatic N) is 2. The fourth-order valence-corrected chi connectivity index (χ4v) is 2.69. The first-order valence-electron chi connectivity index (χ1n) is 7.46. The molecule has 1 amide bonds. The summed E-state index contributed by atoms with van der Waals surface area (Å²) < 4.78 is 5.15. The number of benzene rings is 1. The summed E-state index contributed by atoms with van der Waals surface area (Å²) >= 11 is 0. The first kappa shape index (κ1) is 12.6. The van der Waals surface area contributed by atoms with Gasteiger partial charge in [0.25, 0.3) is 0 Å². The van der Waals surface area contributed by atoms with Gasteiger partial charge in [-0.1, -0.05) is 35.5 Å². The van der Waals surface area contributed by atoms with Gasteiger partial charge in [0.1, 0.15) is 0 Å². The highest BCUT2D eigenvalue weighted by atomic mass is 16.5. The smallest absolute Gasteiger partial charge is 0.246 e. The van der Waals surface area contributed by atoms with Crippen LogP contribution in [0, 0.1) is 5.92 Å². The van der Waals surface area contributed by atoms with E-state index in [1.54, 1.807) is 0 Å². The molecule has 0 aliphatic heterocycles. The molecule has 2 atom stereocenters. The third-order valence-electron chi connectivity index (χ3n) is 4.20. The maximum Gasteiger partial charge on any atom is 0.246 e. The van der Waals surface area contributed by atoms with E-state index in [-0.39, 0.29) is 11.8 Å². The van der Waals surface area contributed by atoms with Crippen molar-refractivity contribution < 1.29 is 9.32 Å². The standard InChI is InChI=1S/C16H17N3O2/c20-16(13-8-12(13)10-4-2-1-3-5-10)17-9-14-18-15(19-21-14)11-6-7-11/h1-5,11-13H,6-9H2,(H,17,20)/t12-,13-/m1/s1. The van der Waals surface area contributed by atoms with E-state index in [4.69, 9.17) is 4.52 Å². The fourth-order valence-electron chi connectivity index (χ4n) is 2.69. The molecule has 1 heterocycles. The minimum Gasteiger partial charge on any atom is -0.347 e. The Hall–Kier alpha value is -2.17. The van der Waals surface area contributed by atoms with Crippen molar-refractivity contribution in [3.8, 4) is 0 Å². The van der Waals surface area contributed by atoms with Gasteiger partial charge >= 0.3 is 0 Å². The fraction of sp³-hybridized carbons (Fsp3) is 0.438. The molecule has 2 saturated carbocycles. The van der Waals surface area contributed by atoms with Crippen molar-refractivity contribution in [2.45, 2.75) is 37.6 Å². The predicted octanol–water partition coefficient (Wildman–Crippen LogP) is 2.37. The molecule has 5 heteroatoms. The van der Waals surface area contributed by atoms with Gasteiger partial charge in [0.05, 0.1) is 6.54 Å². The van der Waals surface area contributed by atoms with Crippen LogP contribution in [0.15, 0.2) is 34.9 Å². The van der Waals surface area contributed by atoms with Crippen LogP contribution in [0.2, 0.25) is 0 Å². The molecule has 4 rings (SSSR count). The van der Waals surface area contributed by atoms with E-state index in [0.29, 0.717) is 24.3 Å². The maximum atomic E-state index is 12.1. The van der Waals surface area contributed by atoms with Crippen LogP contribution < -0.4 is 5.32 Å². The van der Waals surface area contributed by atoms with Gasteiger partial charge < -0.3 is 9.84 Å². The molecular formula is C16H17N3O2. The van der Waals surface area contributed by atoms with E-state index in [1.807, 2.05) is 18.2 Å². The molecule has 0 unspecified atom stereocenters. The Morgan fingerprint density at radius 3 is 2.86 bits per heavy atom. The molecule has 21 heavy (non-hydrogen) atoms. The zero-order valence-corrected chi connectivity index (χ0v) is 11.7. The van der Waals surface area contributed by atoms with Crippen LogP contribution >= 0.6 is 0 Å². The Kier molecular flexibility index (Phi) is 2.98. The molecule has 108 valence electrons. The van der Waals surface area contributed by atoms with Gasteiger partial charge in [0.15, 0.2) is 5.82 Å². The van der Waals surface area contributed by atoms with Crippen molar-refractivity contribution in [3.63, 3.8) is 0 Å². The van der Waals surface area contributed by atoms with Crippen LogP contribution in [0.5, 0.6) is 0 Å². The van der Waals surface area contributed by atoms with Gasteiger partial charge in [-0.15, -0.1) is 0 Å². The van der Waals surface area contributed by atoms with Crippen LogP contribution in [0.4, 0.5) is 0 Å². The van der Waals surface area contributed by atoms with E-state index in [1.165, 1.54) is 5.56 Å². The summed E-state index contributed by atoms with van der Waals surface area (Å²) in [6.07, 6.45) is 3.21. The number of amides is 1. The van der Waals surface area contributed by atoms with Gasteiger partial charge in [0.2, 0.25) is 11.8 Å². The summed E-state index contributed by atoms with van der Waals surface area (Å²) in [4.78, 5) is 16.4. The first-order valence-corrected chi connectivity index (χ1v) is 7.46. The second kappa shape index (κ2) is 4.98. The van der Waals surface area contributed by atoms with Crippen molar-refractivity contribution in [2.24, 2.45) is 5.92 Å². The largest absolute Gasteiger partial charge is 0.347 e. The highest BCUT2D eigenvalue weighted by Crippen LogP contribution is 2.47. The van der Waals surface area contributed by atoms with Crippen molar-refractivity contribution in [1.29, 1.82) is 0 Å². The van der Waals surface area contributed by atoms with E-state index in [2.05, 4.69) is 27.6 Å². The molecule has 0 saturated heterocycles. The predicted molar refractivity (Wildman–Crippen MR) is 75.4 cm³/mol. The second-order valence-electron chi connectivity index (χ2n) is 5.90. The highest BCUT2D eigenvalue weighted by Gasteiger charge is 2.43. The maximum absolute atomic E-state index is 12.1. The average Bonchev–Trinajstić information content (AvgIpc) is 3.44. The summed E-state index contributed by atoms with van der Waals surface area (Å²) in [5, 5.41) is 6.84. The summed E-state index contributed by atoms with van der Waals surface area (Å²) in [6, 6.07) is 10.2. The van der Waals surface area contributed by atoms with E-state index >= 15 is 0 Å². The Labute approximate surface area is 122 Å². The third kappa shape index (κ3) is 2.68. The lowest BCUT2D eigenvalue weighted by Crippen LogP contribution is -2.25. The normalized spacial score (nSPS) is 23.8. The Morgan fingerprint density at radius 1 is 1.29 bits per heavy atom. The number of nitrogens with one attached hydrogen (secondary N) is 1. The van der Waals surface area contributed by atoms with Crippen LogP contribution in [0.25, 0.3) is 0 Å². The highest BCUT2D eigenvalue weighted by molar-refractivity contribution is 5.82. The molecule has 1 aromatic carbocycles.